The van der Waals surface area contributed by atoms with Gasteiger partial charge in [0.1, 0.15) is 5.82 Å². The van der Waals surface area contributed by atoms with Crippen molar-refractivity contribution in [1.82, 2.24) is 0 Å². The molecule has 2 N–H and O–H groups in total. The molecule has 0 saturated heterocycles. The van der Waals surface area contributed by atoms with Gasteiger partial charge in [-0.15, -0.1) is 0 Å². The highest BCUT2D eigenvalue weighted by Crippen LogP contribution is 2.14. The number of carbonyl (C=O) groups is 2. The van der Waals surface area contributed by atoms with E-state index in [1.54, 1.807) is 37.3 Å². The summed E-state index contributed by atoms with van der Waals surface area (Å²) in [4.78, 5) is 22.9. The van der Waals surface area contributed by atoms with Crippen LogP contribution in [0.15, 0.2) is 54.1 Å². The Morgan fingerprint density at radius 2 is 1.86 bits per heavy atom. The Balaban J connectivity index is 2.14. The molecule has 0 bridgehead atoms. The molecule has 0 aliphatic carbocycles. The molecule has 0 radical (unpaired) electrons. The van der Waals surface area contributed by atoms with Gasteiger partial charge < -0.3 is 10.4 Å². The minimum Gasteiger partial charge on any atom is -0.478 e. The van der Waals surface area contributed by atoms with Crippen LogP contribution in [-0.4, -0.2) is 17.0 Å². The van der Waals surface area contributed by atoms with E-state index in [0.717, 1.165) is 0 Å². The molecule has 1 amide bonds. The molecule has 2 aromatic rings. The smallest absolute Gasteiger partial charge is 0.335 e. The third kappa shape index (κ3) is 4.02. The number of amides is 1. The molecule has 0 aliphatic rings. The van der Waals surface area contributed by atoms with Gasteiger partial charge in [-0.2, -0.15) is 0 Å². The maximum atomic E-state index is 13.1. The zero-order valence-electron chi connectivity index (χ0n) is 11.8. The maximum absolute atomic E-state index is 13.1. The van der Waals surface area contributed by atoms with Crippen molar-refractivity contribution in [3.05, 3.63) is 71.0 Å². The molecular weight excluding hydrogens is 285 g/mol. The van der Waals surface area contributed by atoms with Gasteiger partial charge in [-0.05, 0) is 48.9 Å². The van der Waals surface area contributed by atoms with E-state index in [1.165, 1.54) is 24.3 Å². The largest absolute Gasteiger partial charge is 0.478 e. The topological polar surface area (TPSA) is 66.4 Å². The standard InChI is InChI=1S/C17H14FNO3/c1-11(8-12-4-2-6-14(18)9-12)16(20)19-15-7-3-5-13(10-15)17(21)22/h2-10H,1H3,(H,19,20)(H,21,22)/b11-8+. The van der Waals surface area contributed by atoms with Gasteiger partial charge in [0.25, 0.3) is 5.91 Å². The second kappa shape index (κ2) is 6.67. The van der Waals surface area contributed by atoms with Crippen molar-refractivity contribution in [1.29, 1.82) is 0 Å². The monoisotopic (exact) mass is 299 g/mol. The van der Waals surface area contributed by atoms with Crippen molar-refractivity contribution in [2.75, 3.05) is 5.32 Å². The van der Waals surface area contributed by atoms with Crippen LogP contribution in [-0.2, 0) is 4.79 Å². The number of hydrogen-bond acceptors (Lipinski definition) is 2. The first-order chi connectivity index (χ1) is 10.5. The normalized spacial score (nSPS) is 11.1. The molecule has 0 aromatic heterocycles. The van der Waals surface area contributed by atoms with Gasteiger partial charge in [-0.1, -0.05) is 18.2 Å². The fourth-order valence-corrected chi connectivity index (χ4v) is 1.87. The van der Waals surface area contributed by atoms with Crippen LogP contribution in [0.25, 0.3) is 6.08 Å². The second-order valence-corrected chi connectivity index (χ2v) is 4.72. The third-order valence-electron chi connectivity index (χ3n) is 2.96. The van der Waals surface area contributed by atoms with Crippen molar-refractivity contribution >= 4 is 23.6 Å². The molecule has 0 spiro atoms. The number of halogens is 1. The average Bonchev–Trinajstić information content (AvgIpc) is 2.47. The van der Waals surface area contributed by atoms with Crippen LogP contribution in [0.1, 0.15) is 22.8 Å². The number of carboxylic acids is 1. The van der Waals surface area contributed by atoms with Crippen LogP contribution in [0.5, 0.6) is 0 Å². The van der Waals surface area contributed by atoms with Gasteiger partial charge in [0.2, 0.25) is 0 Å². The van der Waals surface area contributed by atoms with E-state index in [2.05, 4.69) is 5.32 Å². The molecule has 0 heterocycles. The van der Waals surface area contributed by atoms with Gasteiger partial charge in [0, 0.05) is 11.3 Å². The van der Waals surface area contributed by atoms with E-state index in [0.29, 0.717) is 16.8 Å². The lowest BCUT2D eigenvalue weighted by Gasteiger charge is -2.06. The van der Waals surface area contributed by atoms with Crippen LogP contribution in [0.2, 0.25) is 0 Å². The highest BCUT2D eigenvalue weighted by Gasteiger charge is 2.08. The van der Waals surface area contributed by atoms with Gasteiger partial charge in [-0.3, -0.25) is 4.79 Å². The third-order valence-corrected chi connectivity index (χ3v) is 2.96. The molecule has 2 rings (SSSR count). The molecule has 22 heavy (non-hydrogen) atoms. The summed E-state index contributed by atoms with van der Waals surface area (Å²) in [5.74, 6) is -1.83. The first kappa shape index (κ1) is 15.4. The molecule has 0 unspecified atom stereocenters. The molecule has 2 aromatic carbocycles. The molecule has 112 valence electrons. The Hall–Kier alpha value is -2.95. The van der Waals surface area contributed by atoms with E-state index in [-0.39, 0.29) is 17.3 Å². The van der Waals surface area contributed by atoms with Crippen molar-refractivity contribution in [3.8, 4) is 0 Å². The van der Waals surface area contributed by atoms with E-state index >= 15 is 0 Å². The molecule has 4 nitrogen and oxygen atoms in total. The van der Waals surface area contributed by atoms with Crippen molar-refractivity contribution in [3.63, 3.8) is 0 Å². The highest BCUT2D eigenvalue weighted by atomic mass is 19.1. The molecule has 0 saturated carbocycles. The minimum absolute atomic E-state index is 0.0876. The van der Waals surface area contributed by atoms with Gasteiger partial charge in [0.15, 0.2) is 0 Å². The van der Waals surface area contributed by atoms with Crippen LogP contribution in [0.3, 0.4) is 0 Å². The highest BCUT2D eigenvalue weighted by molar-refractivity contribution is 6.06. The fourth-order valence-electron chi connectivity index (χ4n) is 1.87. The predicted molar refractivity (Wildman–Crippen MR) is 82.1 cm³/mol. The predicted octanol–water partition coefficient (Wildman–Crippen LogP) is 3.57. The van der Waals surface area contributed by atoms with Crippen molar-refractivity contribution in [2.45, 2.75) is 6.92 Å². The van der Waals surface area contributed by atoms with E-state index in [9.17, 15) is 14.0 Å². The number of rotatable bonds is 4. The zero-order chi connectivity index (χ0) is 16.1. The SMILES string of the molecule is C/C(=C\c1cccc(F)c1)C(=O)Nc1cccc(C(=O)O)c1. The average molecular weight is 299 g/mol. The van der Waals surface area contributed by atoms with Crippen molar-refractivity contribution in [2.24, 2.45) is 0 Å². The van der Waals surface area contributed by atoms with E-state index < -0.39 is 5.97 Å². The first-order valence-corrected chi connectivity index (χ1v) is 6.54. The van der Waals surface area contributed by atoms with Crippen LogP contribution in [0.4, 0.5) is 10.1 Å². The lowest BCUT2D eigenvalue weighted by atomic mass is 10.1. The number of carboxylic acid groups (broad SMARTS) is 1. The summed E-state index contributed by atoms with van der Waals surface area (Å²) in [6.07, 6.45) is 1.56. The van der Waals surface area contributed by atoms with E-state index in [1.807, 2.05) is 0 Å². The zero-order valence-corrected chi connectivity index (χ0v) is 11.8. The number of carbonyl (C=O) groups excluding carboxylic acids is 1. The molecule has 5 heteroatoms. The lowest BCUT2D eigenvalue weighted by molar-refractivity contribution is -0.112. The minimum atomic E-state index is -1.07. The number of nitrogens with one attached hydrogen (secondary N) is 1. The van der Waals surface area contributed by atoms with Gasteiger partial charge in [-0.25, -0.2) is 9.18 Å². The summed E-state index contributed by atoms with van der Waals surface area (Å²) < 4.78 is 13.1. The van der Waals surface area contributed by atoms with Crippen LogP contribution >= 0.6 is 0 Å². The Bertz CT molecular complexity index is 753. The Kier molecular flexibility index (Phi) is 4.68. The maximum Gasteiger partial charge on any atom is 0.335 e. The summed E-state index contributed by atoms with van der Waals surface area (Å²) in [5, 5.41) is 11.5. The van der Waals surface area contributed by atoms with Gasteiger partial charge in [0.05, 0.1) is 5.56 Å². The van der Waals surface area contributed by atoms with Gasteiger partial charge >= 0.3 is 5.97 Å². The van der Waals surface area contributed by atoms with E-state index in [4.69, 9.17) is 5.11 Å². The Morgan fingerprint density at radius 3 is 2.55 bits per heavy atom. The number of hydrogen-bond donors (Lipinski definition) is 2. The summed E-state index contributed by atoms with van der Waals surface area (Å²) in [5.41, 5.74) is 1.43. The molecular formula is C17H14FNO3. The lowest BCUT2D eigenvalue weighted by Crippen LogP contribution is -2.13. The van der Waals surface area contributed by atoms with Crippen molar-refractivity contribution < 1.29 is 19.1 Å². The summed E-state index contributed by atoms with van der Waals surface area (Å²) in [6, 6.07) is 11.8. The van der Waals surface area contributed by atoms with Crippen LogP contribution in [0, 0.1) is 5.82 Å². The second-order valence-electron chi connectivity index (χ2n) is 4.72. The molecule has 0 atom stereocenters. The fraction of sp³-hybridized carbons (Fsp3) is 0.0588. The molecule has 0 aliphatic heterocycles. The Morgan fingerprint density at radius 1 is 1.14 bits per heavy atom. The Labute approximate surface area is 126 Å². The quantitative estimate of drug-likeness (QED) is 0.848. The number of benzene rings is 2. The summed E-state index contributed by atoms with van der Waals surface area (Å²) in [6.45, 7) is 1.60. The molecule has 0 fully saturated rings. The summed E-state index contributed by atoms with van der Waals surface area (Å²) in [7, 11) is 0. The first-order valence-electron chi connectivity index (χ1n) is 6.54. The van der Waals surface area contributed by atoms with Crippen LogP contribution < -0.4 is 5.32 Å². The summed E-state index contributed by atoms with van der Waals surface area (Å²) >= 11 is 0. The number of anilines is 1. The number of aromatic carboxylic acids is 1.